The Morgan fingerprint density at radius 2 is 1.96 bits per heavy atom. The zero-order valence-corrected chi connectivity index (χ0v) is 13.2. The molecule has 0 spiro atoms. The van der Waals surface area contributed by atoms with E-state index in [1.165, 1.54) is 23.3 Å². The molecule has 1 aromatic carbocycles. The van der Waals surface area contributed by atoms with Crippen LogP contribution >= 0.6 is 0 Å². The summed E-state index contributed by atoms with van der Waals surface area (Å²) in [4.78, 5) is 25.8. The van der Waals surface area contributed by atoms with Crippen LogP contribution in [0.1, 0.15) is 30.0 Å². The van der Waals surface area contributed by atoms with Gasteiger partial charge in [0.05, 0.1) is 19.3 Å². The van der Waals surface area contributed by atoms with Gasteiger partial charge < -0.3 is 15.0 Å². The number of aryl methyl sites for hydroxylation is 1. The van der Waals surface area contributed by atoms with Crippen molar-refractivity contribution in [3.8, 4) is 0 Å². The van der Waals surface area contributed by atoms with Crippen molar-refractivity contribution in [3.05, 3.63) is 47.5 Å². The summed E-state index contributed by atoms with van der Waals surface area (Å²) in [5.74, 6) is -0.346. The van der Waals surface area contributed by atoms with Crippen molar-refractivity contribution >= 4 is 11.8 Å². The fraction of sp³-hybridized carbons (Fsp3) is 0.444. The number of hydrogen-bond donors (Lipinski definition) is 1. The average Bonchev–Trinajstić information content (AvgIpc) is 2.61. The second-order valence-corrected chi connectivity index (χ2v) is 5.92. The average molecular weight is 314 g/mol. The van der Waals surface area contributed by atoms with Crippen molar-refractivity contribution in [2.45, 2.75) is 25.3 Å². The largest absolute Gasteiger partial charge is 0.378 e. The van der Waals surface area contributed by atoms with Gasteiger partial charge >= 0.3 is 0 Å². The van der Waals surface area contributed by atoms with Gasteiger partial charge in [0.2, 0.25) is 11.8 Å². The number of carbonyl (C=O) groups is 2. The van der Waals surface area contributed by atoms with E-state index in [9.17, 15) is 9.59 Å². The minimum atomic E-state index is -0.215. The quantitative estimate of drug-likeness (QED) is 0.862. The summed E-state index contributed by atoms with van der Waals surface area (Å²) in [6, 6.07) is 8.26. The molecule has 23 heavy (non-hydrogen) atoms. The van der Waals surface area contributed by atoms with Gasteiger partial charge in [0, 0.05) is 25.2 Å². The summed E-state index contributed by atoms with van der Waals surface area (Å²) in [6.45, 7) is 2.29. The summed E-state index contributed by atoms with van der Waals surface area (Å²) in [7, 11) is 0. The van der Waals surface area contributed by atoms with Crippen LogP contribution in [0.4, 0.5) is 0 Å². The van der Waals surface area contributed by atoms with Crippen LogP contribution in [-0.4, -0.2) is 43.0 Å². The molecule has 0 bridgehead atoms. The Morgan fingerprint density at radius 1 is 1.17 bits per heavy atom. The Morgan fingerprint density at radius 3 is 2.78 bits per heavy atom. The third-order valence-corrected chi connectivity index (χ3v) is 4.39. The van der Waals surface area contributed by atoms with Crippen molar-refractivity contribution < 1.29 is 14.3 Å². The van der Waals surface area contributed by atoms with E-state index in [2.05, 4.69) is 17.4 Å². The lowest BCUT2D eigenvalue weighted by atomic mass is 9.88. The van der Waals surface area contributed by atoms with Crippen molar-refractivity contribution in [3.63, 3.8) is 0 Å². The van der Waals surface area contributed by atoms with E-state index in [1.807, 2.05) is 12.1 Å². The maximum absolute atomic E-state index is 12.1. The van der Waals surface area contributed by atoms with Crippen molar-refractivity contribution in [1.29, 1.82) is 0 Å². The summed E-state index contributed by atoms with van der Waals surface area (Å²) in [6.07, 6.45) is 5.77. The Balaban J connectivity index is 1.57. The Labute approximate surface area is 136 Å². The van der Waals surface area contributed by atoms with Crippen LogP contribution in [0.3, 0.4) is 0 Å². The molecule has 1 heterocycles. The van der Waals surface area contributed by atoms with Crippen LogP contribution in [0.15, 0.2) is 36.4 Å². The number of ether oxygens (including phenoxy) is 1. The molecule has 1 N–H and O–H groups in total. The van der Waals surface area contributed by atoms with Crippen LogP contribution in [0, 0.1) is 0 Å². The minimum Gasteiger partial charge on any atom is -0.378 e. The number of morpholine rings is 1. The molecule has 1 fully saturated rings. The molecule has 0 saturated carbocycles. The standard InChI is InChI=1S/C18H22N2O3/c21-17(8-9-18(22)20-10-12-23-13-11-20)19-16-7-3-5-14-4-1-2-6-15(14)16/h1-2,4,6,8-9,16H,3,5,7,10-13H2,(H,19,21). The first-order valence-electron chi connectivity index (χ1n) is 8.17. The van der Waals surface area contributed by atoms with Gasteiger partial charge in [0.1, 0.15) is 0 Å². The highest BCUT2D eigenvalue weighted by atomic mass is 16.5. The van der Waals surface area contributed by atoms with Crippen molar-refractivity contribution in [1.82, 2.24) is 10.2 Å². The predicted molar refractivity (Wildman–Crippen MR) is 86.8 cm³/mol. The molecule has 5 nitrogen and oxygen atoms in total. The van der Waals surface area contributed by atoms with Gasteiger partial charge in [-0.05, 0) is 30.4 Å². The fourth-order valence-corrected chi connectivity index (χ4v) is 3.16. The Bertz CT molecular complexity index is 606. The maximum atomic E-state index is 12.1. The van der Waals surface area contributed by atoms with Gasteiger partial charge in [-0.3, -0.25) is 9.59 Å². The first-order chi connectivity index (χ1) is 11.2. The monoisotopic (exact) mass is 314 g/mol. The number of carbonyl (C=O) groups excluding carboxylic acids is 2. The van der Waals surface area contributed by atoms with Gasteiger partial charge in [-0.25, -0.2) is 0 Å². The van der Waals surface area contributed by atoms with E-state index >= 15 is 0 Å². The Kier molecular flexibility index (Phi) is 5.08. The number of nitrogens with one attached hydrogen (secondary N) is 1. The SMILES string of the molecule is O=C(C=CC(=O)N1CCOCC1)NC1CCCc2ccccc21. The first-order valence-corrected chi connectivity index (χ1v) is 8.17. The van der Waals surface area contributed by atoms with Gasteiger partial charge in [-0.2, -0.15) is 0 Å². The van der Waals surface area contributed by atoms with Gasteiger partial charge in [0.25, 0.3) is 0 Å². The lowest BCUT2D eigenvalue weighted by Gasteiger charge is -2.26. The molecule has 2 amide bonds. The highest BCUT2D eigenvalue weighted by Crippen LogP contribution is 2.29. The molecule has 1 aliphatic carbocycles. The molecule has 0 radical (unpaired) electrons. The molecular weight excluding hydrogens is 292 g/mol. The molecule has 2 aliphatic rings. The smallest absolute Gasteiger partial charge is 0.246 e. The summed E-state index contributed by atoms with van der Waals surface area (Å²) < 4.78 is 5.21. The minimum absolute atomic E-state index is 0.0376. The summed E-state index contributed by atoms with van der Waals surface area (Å²) in [5, 5.41) is 3.01. The molecule has 0 aromatic heterocycles. The molecule has 1 unspecified atom stereocenters. The number of amides is 2. The molecule has 1 saturated heterocycles. The van der Waals surface area contributed by atoms with Crippen LogP contribution in [0.25, 0.3) is 0 Å². The van der Waals surface area contributed by atoms with Crippen molar-refractivity contribution in [2.75, 3.05) is 26.3 Å². The molecule has 3 rings (SSSR count). The van der Waals surface area contributed by atoms with E-state index in [-0.39, 0.29) is 17.9 Å². The molecule has 1 atom stereocenters. The second kappa shape index (κ2) is 7.42. The van der Waals surface area contributed by atoms with Crippen LogP contribution in [-0.2, 0) is 20.7 Å². The topological polar surface area (TPSA) is 58.6 Å². The molecule has 1 aromatic rings. The predicted octanol–water partition coefficient (Wildman–Crippen LogP) is 1.60. The lowest BCUT2D eigenvalue weighted by Crippen LogP contribution is -2.40. The lowest BCUT2D eigenvalue weighted by molar-refractivity contribution is -0.130. The fourth-order valence-electron chi connectivity index (χ4n) is 3.16. The highest BCUT2D eigenvalue weighted by molar-refractivity contribution is 5.96. The number of benzene rings is 1. The number of fused-ring (bicyclic) bond motifs is 1. The number of rotatable bonds is 3. The van der Waals surface area contributed by atoms with E-state index in [0.717, 1.165) is 19.3 Å². The van der Waals surface area contributed by atoms with Crippen LogP contribution < -0.4 is 5.32 Å². The molecule has 122 valence electrons. The third-order valence-electron chi connectivity index (χ3n) is 4.39. The zero-order valence-electron chi connectivity index (χ0n) is 13.2. The third kappa shape index (κ3) is 3.99. The number of nitrogens with zero attached hydrogens (tertiary/aromatic N) is 1. The first kappa shape index (κ1) is 15.7. The van der Waals surface area contributed by atoms with Gasteiger partial charge in [-0.15, -0.1) is 0 Å². The number of hydrogen-bond acceptors (Lipinski definition) is 3. The Hall–Kier alpha value is -2.14. The summed E-state index contributed by atoms with van der Waals surface area (Å²) in [5.41, 5.74) is 2.50. The van der Waals surface area contributed by atoms with E-state index in [0.29, 0.717) is 26.3 Å². The van der Waals surface area contributed by atoms with E-state index < -0.39 is 0 Å². The van der Waals surface area contributed by atoms with Gasteiger partial charge in [0.15, 0.2) is 0 Å². The zero-order chi connectivity index (χ0) is 16.1. The molecule has 5 heteroatoms. The summed E-state index contributed by atoms with van der Waals surface area (Å²) >= 11 is 0. The van der Waals surface area contributed by atoms with E-state index in [1.54, 1.807) is 4.90 Å². The second-order valence-electron chi connectivity index (χ2n) is 5.92. The maximum Gasteiger partial charge on any atom is 0.246 e. The van der Waals surface area contributed by atoms with Gasteiger partial charge in [-0.1, -0.05) is 24.3 Å². The normalized spacial score (nSPS) is 21.0. The molecule has 1 aliphatic heterocycles. The van der Waals surface area contributed by atoms with E-state index in [4.69, 9.17) is 4.74 Å². The highest BCUT2D eigenvalue weighted by Gasteiger charge is 2.21. The van der Waals surface area contributed by atoms with Crippen LogP contribution in [0.2, 0.25) is 0 Å². The molecular formula is C18H22N2O3. The van der Waals surface area contributed by atoms with Crippen molar-refractivity contribution in [2.24, 2.45) is 0 Å². The van der Waals surface area contributed by atoms with Crippen LogP contribution in [0.5, 0.6) is 0 Å².